The zero-order chi connectivity index (χ0) is 18.9. The summed E-state index contributed by atoms with van der Waals surface area (Å²) < 4.78 is 0. The van der Waals surface area contributed by atoms with Gasteiger partial charge in [0.25, 0.3) is 5.91 Å². The number of rotatable bonds is 4. The van der Waals surface area contributed by atoms with Crippen molar-refractivity contribution in [3.8, 4) is 0 Å². The second kappa shape index (κ2) is 7.62. The maximum Gasteiger partial charge on any atom is 0.274 e. The Kier molecular flexibility index (Phi) is 5.21. The van der Waals surface area contributed by atoms with Gasteiger partial charge in [-0.1, -0.05) is 0 Å². The molecule has 0 saturated carbocycles. The van der Waals surface area contributed by atoms with Crippen molar-refractivity contribution in [2.75, 3.05) is 32.8 Å². The molecule has 0 aromatic carbocycles. The molecule has 4 rings (SSSR count). The molecule has 3 aliphatic rings. The van der Waals surface area contributed by atoms with Crippen molar-refractivity contribution in [3.63, 3.8) is 0 Å². The number of aromatic amines is 1. The monoisotopic (exact) mass is 374 g/mol. The van der Waals surface area contributed by atoms with Crippen molar-refractivity contribution in [2.45, 2.75) is 57.8 Å². The van der Waals surface area contributed by atoms with Crippen molar-refractivity contribution in [1.29, 1.82) is 0 Å². The molecule has 2 fully saturated rings. The van der Waals surface area contributed by atoms with Crippen molar-refractivity contribution in [3.05, 3.63) is 17.0 Å². The summed E-state index contributed by atoms with van der Waals surface area (Å²) in [5, 5.41) is 16.5. The lowest BCUT2D eigenvalue weighted by Crippen LogP contribution is -2.52. The third-order valence-electron chi connectivity index (χ3n) is 6.70. The van der Waals surface area contributed by atoms with Crippen LogP contribution in [-0.4, -0.2) is 69.7 Å². The van der Waals surface area contributed by atoms with Gasteiger partial charge in [0.15, 0.2) is 5.69 Å². The zero-order valence-electron chi connectivity index (χ0n) is 16.0. The van der Waals surface area contributed by atoms with Crippen LogP contribution in [0.4, 0.5) is 0 Å². The fourth-order valence-electron chi connectivity index (χ4n) is 4.97. The van der Waals surface area contributed by atoms with E-state index >= 15 is 0 Å². The molecular formula is C20H30N4O3. The number of carbonyl (C=O) groups excluding carboxylic acids is 2. The highest BCUT2D eigenvalue weighted by Crippen LogP contribution is 2.40. The number of aryl methyl sites for hydroxylation is 1. The van der Waals surface area contributed by atoms with E-state index in [-0.39, 0.29) is 23.8 Å². The number of piperidine rings is 2. The highest BCUT2D eigenvalue weighted by Gasteiger charge is 2.42. The number of nitrogens with zero attached hydrogens (tertiary/aromatic N) is 3. The SMILES string of the molecule is O=C1CCC2(CCN(C(=O)c3n[nH]c4c3CCCC4)CC2)CN1CCCO. The molecule has 1 aromatic rings. The molecule has 0 bridgehead atoms. The summed E-state index contributed by atoms with van der Waals surface area (Å²) in [5.41, 5.74) is 3.03. The number of aliphatic hydroxyl groups is 1. The summed E-state index contributed by atoms with van der Waals surface area (Å²) in [6, 6.07) is 0. The molecule has 7 heteroatoms. The van der Waals surface area contributed by atoms with Crippen LogP contribution in [0, 0.1) is 5.41 Å². The second-order valence-electron chi connectivity index (χ2n) is 8.42. The fraction of sp³-hybridized carbons (Fsp3) is 0.750. The molecule has 2 aliphatic heterocycles. The number of H-pyrrole nitrogens is 1. The van der Waals surface area contributed by atoms with E-state index in [1.54, 1.807) is 0 Å². The Hall–Kier alpha value is -1.89. The first-order chi connectivity index (χ1) is 13.1. The average molecular weight is 374 g/mol. The normalized spacial score (nSPS) is 22.2. The van der Waals surface area contributed by atoms with Gasteiger partial charge >= 0.3 is 0 Å². The Balaban J connectivity index is 1.39. The minimum Gasteiger partial charge on any atom is -0.396 e. The van der Waals surface area contributed by atoms with Crippen LogP contribution in [0.1, 0.15) is 66.7 Å². The van der Waals surface area contributed by atoms with E-state index in [4.69, 9.17) is 5.11 Å². The molecule has 3 heterocycles. The summed E-state index contributed by atoms with van der Waals surface area (Å²) >= 11 is 0. The zero-order valence-corrected chi connectivity index (χ0v) is 16.0. The number of likely N-dealkylation sites (tertiary alicyclic amines) is 2. The van der Waals surface area contributed by atoms with Gasteiger partial charge < -0.3 is 14.9 Å². The first-order valence-electron chi connectivity index (χ1n) is 10.4. The van der Waals surface area contributed by atoms with Gasteiger partial charge in [-0.25, -0.2) is 0 Å². The maximum atomic E-state index is 13.0. The molecule has 2 N–H and O–H groups in total. The van der Waals surface area contributed by atoms with Gasteiger partial charge in [0.2, 0.25) is 5.91 Å². The van der Waals surface area contributed by atoms with Crippen LogP contribution >= 0.6 is 0 Å². The molecule has 2 saturated heterocycles. The average Bonchev–Trinajstić information content (AvgIpc) is 3.13. The van der Waals surface area contributed by atoms with E-state index in [9.17, 15) is 9.59 Å². The number of nitrogens with one attached hydrogen (secondary N) is 1. The topological polar surface area (TPSA) is 89.5 Å². The molecule has 1 spiro atoms. The Morgan fingerprint density at radius 3 is 2.70 bits per heavy atom. The van der Waals surface area contributed by atoms with E-state index in [0.717, 1.165) is 69.4 Å². The van der Waals surface area contributed by atoms with Crippen molar-refractivity contribution in [1.82, 2.24) is 20.0 Å². The molecule has 148 valence electrons. The first-order valence-corrected chi connectivity index (χ1v) is 10.4. The highest BCUT2D eigenvalue weighted by molar-refractivity contribution is 5.94. The van der Waals surface area contributed by atoms with Crippen LogP contribution in [0.5, 0.6) is 0 Å². The molecule has 27 heavy (non-hydrogen) atoms. The quantitative estimate of drug-likeness (QED) is 0.836. The largest absolute Gasteiger partial charge is 0.396 e. The molecular weight excluding hydrogens is 344 g/mol. The maximum absolute atomic E-state index is 13.0. The first kappa shape index (κ1) is 18.5. The van der Waals surface area contributed by atoms with E-state index in [1.165, 1.54) is 6.42 Å². The molecule has 0 unspecified atom stereocenters. The van der Waals surface area contributed by atoms with Gasteiger partial charge in [-0.05, 0) is 56.8 Å². The molecule has 2 amide bonds. The Morgan fingerprint density at radius 2 is 1.93 bits per heavy atom. The predicted molar refractivity (Wildman–Crippen MR) is 100 cm³/mol. The summed E-state index contributed by atoms with van der Waals surface area (Å²) in [5.74, 6) is 0.268. The molecule has 1 aliphatic carbocycles. The summed E-state index contributed by atoms with van der Waals surface area (Å²) in [7, 11) is 0. The van der Waals surface area contributed by atoms with Crippen LogP contribution in [0.15, 0.2) is 0 Å². The molecule has 7 nitrogen and oxygen atoms in total. The van der Waals surface area contributed by atoms with Gasteiger partial charge in [-0.15, -0.1) is 0 Å². The Morgan fingerprint density at radius 1 is 1.15 bits per heavy atom. The molecule has 1 aromatic heterocycles. The van der Waals surface area contributed by atoms with Crippen LogP contribution in [0.25, 0.3) is 0 Å². The molecule has 0 radical (unpaired) electrons. The number of aromatic nitrogens is 2. The number of aliphatic hydroxyl groups excluding tert-OH is 1. The van der Waals surface area contributed by atoms with Crippen LogP contribution < -0.4 is 0 Å². The number of carbonyl (C=O) groups is 2. The van der Waals surface area contributed by atoms with Crippen molar-refractivity contribution < 1.29 is 14.7 Å². The summed E-state index contributed by atoms with van der Waals surface area (Å²) in [6.07, 6.45) is 8.27. The second-order valence-corrected chi connectivity index (χ2v) is 8.42. The highest BCUT2D eigenvalue weighted by atomic mass is 16.3. The van der Waals surface area contributed by atoms with E-state index in [0.29, 0.717) is 25.1 Å². The number of amides is 2. The molecule has 0 atom stereocenters. The van der Waals surface area contributed by atoms with Crippen LogP contribution in [-0.2, 0) is 17.6 Å². The third kappa shape index (κ3) is 3.61. The van der Waals surface area contributed by atoms with Crippen LogP contribution in [0.2, 0.25) is 0 Å². The minimum absolute atomic E-state index is 0.0632. The van der Waals surface area contributed by atoms with Gasteiger partial charge in [0.05, 0.1) is 0 Å². The standard InChI is InChI=1S/C20H30N4O3/c25-13-3-10-24-14-20(7-6-17(24)26)8-11-23(12-9-20)19(27)18-15-4-1-2-5-16(15)21-22-18/h25H,1-14H2,(H,21,22). The summed E-state index contributed by atoms with van der Waals surface area (Å²) in [6.45, 7) is 3.00. The number of fused-ring (bicyclic) bond motifs is 1. The van der Waals surface area contributed by atoms with Crippen molar-refractivity contribution >= 4 is 11.8 Å². The third-order valence-corrected chi connectivity index (χ3v) is 6.70. The van der Waals surface area contributed by atoms with Crippen molar-refractivity contribution in [2.24, 2.45) is 5.41 Å². The Labute approximate surface area is 160 Å². The fourth-order valence-corrected chi connectivity index (χ4v) is 4.97. The van der Waals surface area contributed by atoms with Gasteiger partial charge in [-0.3, -0.25) is 14.7 Å². The van der Waals surface area contributed by atoms with Gasteiger partial charge in [-0.2, -0.15) is 5.10 Å². The van der Waals surface area contributed by atoms with E-state index in [2.05, 4.69) is 10.2 Å². The smallest absolute Gasteiger partial charge is 0.274 e. The number of hydrogen-bond acceptors (Lipinski definition) is 4. The Bertz CT molecular complexity index is 706. The van der Waals surface area contributed by atoms with E-state index < -0.39 is 0 Å². The summed E-state index contributed by atoms with van der Waals surface area (Å²) in [4.78, 5) is 29.0. The lowest BCUT2D eigenvalue weighted by molar-refractivity contribution is -0.139. The van der Waals surface area contributed by atoms with Gasteiger partial charge in [0, 0.05) is 50.5 Å². The number of hydrogen-bond donors (Lipinski definition) is 2. The lowest BCUT2D eigenvalue weighted by atomic mass is 9.72. The predicted octanol–water partition coefficient (Wildman–Crippen LogP) is 1.52. The lowest BCUT2D eigenvalue weighted by Gasteiger charge is -2.47. The van der Waals surface area contributed by atoms with Gasteiger partial charge in [0.1, 0.15) is 0 Å². The minimum atomic E-state index is 0.0632. The van der Waals surface area contributed by atoms with E-state index in [1.807, 2.05) is 9.80 Å². The van der Waals surface area contributed by atoms with Crippen LogP contribution in [0.3, 0.4) is 0 Å².